The van der Waals surface area contributed by atoms with Crippen LogP contribution in [0.2, 0.25) is 0 Å². The van der Waals surface area contributed by atoms with Crippen LogP contribution in [0.1, 0.15) is 75.7 Å². The van der Waals surface area contributed by atoms with Crippen molar-refractivity contribution in [3.8, 4) is 0 Å². The Kier molecular flexibility index (Phi) is 8.16. The van der Waals surface area contributed by atoms with Crippen molar-refractivity contribution in [3.05, 3.63) is 27.7 Å². The molecule has 2 nitrogen and oxygen atoms in total. The Morgan fingerprint density at radius 2 is 1.86 bits per heavy atom. The molecule has 0 spiro atoms. The molecule has 1 fully saturated rings. The second-order valence-corrected chi connectivity index (χ2v) is 7.53. The molecule has 0 radical (unpaired) electrons. The van der Waals surface area contributed by atoms with Crippen molar-refractivity contribution < 1.29 is 4.79 Å². The van der Waals surface area contributed by atoms with Crippen molar-refractivity contribution in [2.24, 2.45) is 5.92 Å². The molecule has 0 amide bonds. The second kappa shape index (κ2) is 9.34. The van der Waals surface area contributed by atoms with E-state index in [-0.39, 0.29) is 5.78 Å². The molecule has 0 heterocycles. The Balaban J connectivity index is 0.000000422. The Labute approximate surface area is 144 Å². The van der Waals surface area contributed by atoms with E-state index in [1.54, 1.807) is 6.92 Å². The number of benzene rings is 1. The number of carbonyl (C=O) groups is 1. The van der Waals surface area contributed by atoms with Crippen molar-refractivity contribution in [1.82, 2.24) is 0 Å². The lowest BCUT2D eigenvalue weighted by molar-refractivity contribution is 0.101. The van der Waals surface area contributed by atoms with Crippen molar-refractivity contribution in [3.63, 3.8) is 0 Å². The van der Waals surface area contributed by atoms with E-state index in [4.69, 9.17) is 0 Å². The zero-order valence-corrected chi connectivity index (χ0v) is 16.2. The van der Waals surface area contributed by atoms with Gasteiger partial charge in [-0.3, -0.25) is 4.79 Å². The summed E-state index contributed by atoms with van der Waals surface area (Å²) in [4.78, 5) is 11.6. The average Bonchev–Trinajstić information content (AvgIpc) is 2.95. The topological polar surface area (TPSA) is 29.1 Å². The molecule has 124 valence electrons. The summed E-state index contributed by atoms with van der Waals surface area (Å²) in [5.41, 5.74) is 2.96. The first-order valence-corrected chi connectivity index (χ1v) is 9.22. The maximum Gasteiger partial charge on any atom is 0.160 e. The van der Waals surface area contributed by atoms with E-state index in [0.717, 1.165) is 27.2 Å². The largest absolute Gasteiger partial charge is 0.382 e. The second-order valence-electron chi connectivity index (χ2n) is 6.61. The highest BCUT2D eigenvalue weighted by atomic mass is 79.9. The molecule has 2 rings (SSSR count). The summed E-state index contributed by atoms with van der Waals surface area (Å²) < 4.78 is 0.966. The standard InChI is InChI=1S/C14H18BrNO.C5H12/c1-9-13(10(2)17)7-11(15)8-14(9)16-12-5-3-4-6-12;1-4-5(2)3/h7-8,12,16H,3-6H2,1-2H3;5H,4H2,1-3H3. The normalized spacial score (nSPS) is 14.7. The molecule has 1 aliphatic rings. The third-order valence-electron chi connectivity index (χ3n) is 4.28. The Morgan fingerprint density at radius 3 is 2.32 bits per heavy atom. The van der Waals surface area contributed by atoms with Crippen LogP contribution in [0.15, 0.2) is 16.6 Å². The molecule has 1 aliphatic carbocycles. The van der Waals surface area contributed by atoms with Crippen molar-refractivity contribution in [1.29, 1.82) is 0 Å². The van der Waals surface area contributed by atoms with Crippen LogP contribution < -0.4 is 5.32 Å². The van der Waals surface area contributed by atoms with Crippen LogP contribution in [-0.2, 0) is 0 Å². The maximum atomic E-state index is 11.6. The first kappa shape index (κ1) is 19.2. The fourth-order valence-electron chi connectivity index (χ4n) is 2.48. The summed E-state index contributed by atoms with van der Waals surface area (Å²) in [6, 6.07) is 4.54. The summed E-state index contributed by atoms with van der Waals surface area (Å²) in [5, 5.41) is 3.56. The molecule has 0 saturated heterocycles. The van der Waals surface area contributed by atoms with Crippen LogP contribution in [0.5, 0.6) is 0 Å². The lowest BCUT2D eigenvalue weighted by Gasteiger charge is -2.17. The van der Waals surface area contributed by atoms with E-state index in [1.165, 1.54) is 32.1 Å². The van der Waals surface area contributed by atoms with Gasteiger partial charge in [-0.05, 0) is 50.3 Å². The molecule has 0 unspecified atom stereocenters. The summed E-state index contributed by atoms with van der Waals surface area (Å²) in [7, 11) is 0. The third kappa shape index (κ3) is 6.12. The number of Topliss-reactive ketones (excluding diaryl/α,β-unsaturated/α-hetero) is 1. The first-order valence-electron chi connectivity index (χ1n) is 8.42. The van der Waals surface area contributed by atoms with E-state index < -0.39 is 0 Å². The van der Waals surface area contributed by atoms with Crippen molar-refractivity contribution in [2.45, 2.75) is 72.8 Å². The Bertz CT molecular complexity index is 490. The molecule has 1 N–H and O–H groups in total. The van der Waals surface area contributed by atoms with E-state index in [2.05, 4.69) is 48.1 Å². The third-order valence-corrected chi connectivity index (χ3v) is 4.74. The van der Waals surface area contributed by atoms with E-state index in [9.17, 15) is 4.79 Å². The van der Waals surface area contributed by atoms with Crippen molar-refractivity contribution in [2.75, 3.05) is 5.32 Å². The van der Waals surface area contributed by atoms with Gasteiger partial charge in [-0.1, -0.05) is 56.0 Å². The van der Waals surface area contributed by atoms with Crippen molar-refractivity contribution >= 4 is 27.4 Å². The average molecular weight is 368 g/mol. The van der Waals surface area contributed by atoms with Gasteiger partial charge in [0.05, 0.1) is 0 Å². The van der Waals surface area contributed by atoms with Crippen LogP contribution in [0.4, 0.5) is 5.69 Å². The van der Waals surface area contributed by atoms with E-state index in [1.807, 2.05) is 13.0 Å². The monoisotopic (exact) mass is 367 g/mol. The van der Waals surface area contributed by atoms with E-state index >= 15 is 0 Å². The van der Waals surface area contributed by atoms with E-state index in [0.29, 0.717) is 6.04 Å². The zero-order valence-electron chi connectivity index (χ0n) is 14.6. The summed E-state index contributed by atoms with van der Waals surface area (Å²) >= 11 is 3.47. The molecule has 1 aromatic rings. The highest BCUT2D eigenvalue weighted by Gasteiger charge is 2.17. The summed E-state index contributed by atoms with van der Waals surface area (Å²) in [6.07, 6.45) is 6.40. The molecule has 0 atom stereocenters. The van der Waals surface area contributed by atoms with Crippen LogP contribution in [0, 0.1) is 12.8 Å². The minimum Gasteiger partial charge on any atom is -0.382 e. The number of anilines is 1. The Morgan fingerprint density at radius 1 is 1.32 bits per heavy atom. The number of carbonyl (C=O) groups excluding carboxylic acids is 1. The molecule has 0 aromatic heterocycles. The number of halogens is 1. The predicted molar refractivity (Wildman–Crippen MR) is 99.9 cm³/mol. The van der Waals surface area contributed by atoms with Gasteiger partial charge in [0.15, 0.2) is 5.78 Å². The van der Waals surface area contributed by atoms with Crippen LogP contribution in [0.25, 0.3) is 0 Å². The molecule has 22 heavy (non-hydrogen) atoms. The van der Waals surface area contributed by atoms with Crippen LogP contribution in [-0.4, -0.2) is 11.8 Å². The number of nitrogens with one attached hydrogen (secondary N) is 1. The molecule has 1 saturated carbocycles. The minimum absolute atomic E-state index is 0.123. The van der Waals surface area contributed by atoms with Gasteiger partial charge >= 0.3 is 0 Å². The van der Waals surface area contributed by atoms with Gasteiger partial charge in [-0.25, -0.2) is 0 Å². The van der Waals surface area contributed by atoms with Gasteiger partial charge in [0.2, 0.25) is 0 Å². The zero-order chi connectivity index (χ0) is 16.7. The van der Waals surface area contributed by atoms with Gasteiger partial charge < -0.3 is 5.32 Å². The molecular weight excluding hydrogens is 338 g/mol. The Hall–Kier alpha value is -0.830. The lowest BCUT2D eigenvalue weighted by atomic mass is 10.0. The van der Waals surface area contributed by atoms with Gasteiger partial charge in [0.1, 0.15) is 0 Å². The molecule has 0 bridgehead atoms. The van der Waals surface area contributed by atoms with Gasteiger partial charge in [0.25, 0.3) is 0 Å². The summed E-state index contributed by atoms with van der Waals surface area (Å²) in [5.74, 6) is 1.01. The van der Waals surface area contributed by atoms with Gasteiger partial charge in [0, 0.05) is 21.8 Å². The lowest BCUT2D eigenvalue weighted by Crippen LogP contribution is -2.16. The molecule has 3 heteroatoms. The fraction of sp³-hybridized carbons (Fsp3) is 0.632. The van der Waals surface area contributed by atoms with Gasteiger partial charge in [-0.15, -0.1) is 0 Å². The quantitative estimate of drug-likeness (QED) is 0.626. The highest BCUT2D eigenvalue weighted by Crippen LogP contribution is 2.29. The summed E-state index contributed by atoms with van der Waals surface area (Å²) in [6.45, 7) is 10.3. The SMILES string of the molecule is CC(=O)c1cc(Br)cc(NC2CCCC2)c1C.CCC(C)C. The van der Waals surface area contributed by atoms with Gasteiger partial charge in [-0.2, -0.15) is 0 Å². The number of hydrogen-bond acceptors (Lipinski definition) is 2. The number of hydrogen-bond donors (Lipinski definition) is 1. The maximum absolute atomic E-state index is 11.6. The molecular formula is C19H30BrNO. The van der Waals surface area contributed by atoms with Crippen LogP contribution >= 0.6 is 15.9 Å². The molecule has 0 aliphatic heterocycles. The highest BCUT2D eigenvalue weighted by molar-refractivity contribution is 9.10. The first-order chi connectivity index (χ1) is 10.3. The van der Waals surface area contributed by atoms with Crippen LogP contribution in [0.3, 0.4) is 0 Å². The molecule has 1 aromatic carbocycles. The minimum atomic E-state index is 0.123. The number of rotatable bonds is 4. The smallest absolute Gasteiger partial charge is 0.160 e. The number of ketones is 1. The predicted octanol–water partition coefficient (Wildman–Crippen LogP) is 6.37. The fourth-order valence-corrected chi connectivity index (χ4v) is 2.94.